The van der Waals surface area contributed by atoms with E-state index >= 15 is 0 Å². The van der Waals surface area contributed by atoms with Gasteiger partial charge in [-0.1, -0.05) is 92.7 Å². The summed E-state index contributed by atoms with van der Waals surface area (Å²) in [6.45, 7) is 5.78. The molecule has 1 saturated carbocycles. The number of nitrogens with one attached hydrogen (secondary N) is 2. The first-order valence-electron chi connectivity index (χ1n) is 37.4. The standard InChI is InChI=1S/C84H97N9O16/c1-50(2)64(40-60(95)45-87-75(97)31-27-59(94)28-32-76(98)91-46-56-15-9-10-16-62(56)77(85)78(89(4)86)63-17-11-12-18-67(63)91)79(99)88-51(3)70(96)37-52-19-21-53(22-20-52)48-109-83(103)93-68-43-74(72(106-7)42-66(68)81(101)92-49-84(33-34-84)44-69(92)82(93)102)108-36-14-8-13-35-107-73-39-55-23-26-58-38-57(54-24-29-61(104-5)30-25-54)47-90(58)80(100)65(55)41-71(73)105-6/h9-12,15-22,24-25,29-30,39,41-43,47,50-51,58,64,69,82,102H,8,13-14,23,26-28,31-38,40,44-46,48-49,85-86H2,1-7H3,(H,87,97)(H,88,99)/b78-77-/t51-,58+,64-,69-,82?/m0/s1. The molecule has 2 fully saturated rings. The van der Waals surface area contributed by atoms with Crippen molar-refractivity contribution in [2.45, 2.75) is 155 Å². The molecule has 6 amide bonds. The fourth-order valence-electron chi connectivity index (χ4n) is 15.3. The molecule has 0 bridgehead atoms. The van der Waals surface area contributed by atoms with Crippen molar-refractivity contribution in [1.29, 1.82) is 0 Å². The van der Waals surface area contributed by atoms with Gasteiger partial charge in [0.05, 0.1) is 88.0 Å². The van der Waals surface area contributed by atoms with Gasteiger partial charge in [0.25, 0.3) is 11.8 Å². The molecule has 1 unspecified atom stereocenters. The van der Waals surface area contributed by atoms with Crippen LogP contribution in [0.15, 0.2) is 128 Å². The molecule has 5 heterocycles. The Morgan fingerprint density at radius 1 is 0.697 bits per heavy atom. The zero-order valence-electron chi connectivity index (χ0n) is 62.9. The molecule has 1 saturated heterocycles. The van der Waals surface area contributed by atoms with Crippen LogP contribution in [-0.2, 0) is 59.5 Å². The number of hydrazine groups is 1. The SMILES string of the molecule is COc1ccc(C2=CN3C(=O)c4cc(OC)c(OCCCCCOc5cc6c(cc5OC)C(=O)N5CC7(CC7)C[C@H]5C(O)N6C(=O)OCc5ccc(CC(=O)[C@H](C)NC(=O)[C@@H](CC(=O)CNC(=O)CCC(=O)CCC(=O)N6Cc7ccccc7/C(N)=C(/N(C)N)c7ccccc76)C(C)C)cc5)cc4CC[C@@H]3C2)cc1. The van der Waals surface area contributed by atoms with Gasteiger partial charge in [0.1, 0.15) is 18.1 Å². The first-order valence-corrected chi connectivity index (χ1v) is 37.4. The molecule has 1 spiro atoms. The number of ether oxygens (including phenoxy) is 6. The number of carbonyl (C=O) groups excluding carboxylic acids is 9. The molecular weight excluding hydrogens is 1390 g/mol. The molecule has 25 heteroatoms. The number of Topliss-reactive ketones (excluding diaryl/α,β-unsaturated/α-hetero) is 3. The number of aliphatic hydroxyl groups excluding tert-OH is 1. The Morgan fingerprint density at radius 2 is 1.36 bits per heavy atom. The number of methoxy groups -OCH3 is 3. The number of nitrogens with zero attached hydrogens (tertiary/aromatic N) is 5. The van der Waals surface area contributed by atoms with Crippen LogP contribution >= 0.6 is 0 Å². The maximum atomic E-state index is 14.5. The Balaban J connectivity index is 0.591. The molecule has 12 rings (SSSR count). The second-order valence-corrected chi connectivity index (χ2v) is 29.6. The Hall–Kier alpha value is -11.1. The van der Waals surface area contributed by atoms with Crippen LogP contribution in [0, 0.1) is 17.3 Å². The predicted octanol–water partition coefficient (Wildman–Crippen LogP) is 10.2. The molecule has 6 aromatic rings. The van der Waals surface area contributed by atoms with Crippen molar-refractivity contribution in [2.75, 3.05) is 64.5 Å². The van der Waals surface area contributed by atoms with E-state index in [1.54, 1.807) is 106 Å². The third-order valence-electron chi connectivity index (χ3n) is 21.8. The van der Waals surface area contributed by atoms with Gasteiger partial charge in [-0.2, -0.15) is 0 Å². The molecule has 1 aliphatic carbocycles. The minimum atomic E-state index is -1.46. The normalized spacial score (nSPS) is 18.5. The van der Waals surface area contributed by atoms with E-state index in [0.29, 0.717) is 96.1 Å². The fraction of sp³-hybridized carbons (Fsp3) is 0.417. The van der Waals surface area contributed by atoms with Crippen LogP contribution in [0.2, 0.25) is 0 Å². The van der Waals surface area contributed by atoms with Gasteiger partial charge in [0, 0.05) is 93.0 Å². The van der Waals surface area contributed by atoms with Gasteiger partial charge in [0.15, 0.2) is 40.8 Å². The molecule has 109 heavy (non-hydrogen) atoms. The smallest absolute Gasteiger partial charge is 0.416 e. The number of hydrogen-bond acceptors (Lipinski definition) is 19. The second kappa shape index (κ2) is 34.0. The lowest BCUT2D eigenvalue weighted by Gasteiger charge is -2.32. The summed E-state index contributed by atoms with van der Waals surface area (Å²) in [4.78, 5) is 130. The predicted molar refractivity (Wildman–Crippen MR) is 409 cm³/mol. The lowest BCUT2D eigenvalue weighted by atomic mass is 9.89. The summed E-state index contributed by atoms with van der Waals surface area (Å²) in [5, 5.41) is 19.0. The number of benzene rings is 6. The van der Waals surface area contributed by atoms with E-state index in [4.69, 9.17) is 40.0 Å². The zero-order chi connectivity index (χ0) is 77.4. The van der Waals surface area contributed by atoms with E-state index in [0.717, 1.165) is 64.2 Å². The molecular formula is C84H97N9O16. The molecule has 5 aliphatic heterocycles. The van der Waals surface area contributed by atoms with Crippen LogP contribution in [0.25, 0.3) is 17.0 Å². The van der Waals surface area contributed by atoms with E-state index in [2.05, 4.69) is 10.6 Å². The van der Waals surface area contributed by atoms with Crippen LogP contribution < -0.4 is 55.7 Å². The van der Waals surface area contributed by atoms with Crippen molar-refractivity contribution in [3.63, 3.8) is 0 Å². The van der Waals surface area contributed by atoms with Gasteiger partial charge in [-0.05, 0) is 146 Å². The van der Waals surface area contributed by atoms with Crippen molar-refractivity contribution in [3.05, 3.63) is 178 Å². The molecule has 7 N–H and O–H groups in total. The third kappa shape index (κ3) is 17.6. The monoisotopic (exact) mass is 1490 g/mol. The molecule has 25 nitrogen and oxygen atoms in total. The molecule has 5 atom stereocenters. The zero-order valence-corrected chi connectivity index (χ0v) is 62.9. The van der Waals surface area contributed by atoms with E-state index in [9.17, 15) is 48.3 Å². The van der Waals surface area contributed by atoms with Crippen LogP contribution in [0.4, 0.5) is 16.2 Å². The van der Waals surface area contributed by atoms with Crippen molar-refractivity contribution < 1.29 is 76.7 Å². The number of fused-ring (bicyclic) bond motifs is 6. The highest BCUT2D eigenvalue weighted by Gasteiger charge is 2.58. The number of amides is 6. The third-order valence-corrected chi connectivity index (χ3v) is 21.8. The van der Waals surface area contributed by atoms with Crippen molar-refractivity contribution in [3.8, 4) is 28.7 Å². The summed E-state index contributed by atoms with van der Waals surface area (Å²) < 4.78 is 35.4. The Kier molecular flexibility index (Phi) is 24.2. The van der Waals surface area contributed by atoms with Crippen LogP contribution in [0.5, 0.6) is 28.7 Å². The number of rotatable bonds is 31. The molecule has 6 aromatic carbocycles. The highest BCUT2D eigenvalue weighted by atomic mass is 16.6. The summed E-state index contributed by atoms with van der Waals surface area (Å²) >= 11 is 0. The minimum absolute atomic E-state index is 0.0362. The van der Waals surface area contributed by atoms with Gasteiger partial charge >= 0.3 is 6.09 Å². The number of ketones is 3. The van der Waals surface area contributed by atoms with Crippen molar-refractivity contribution in [1.82, 2.24) is 25.4 Å². The average Bonchev–Trinajstić information content (AvgIpc) is 1.57. The number of nitrogens with two attached hydrogens (primary N) is 2. The Morgan fingerprint density at radius 3 is 2.04 bits per heavy atom. The number of carbonyl (C=O) groups is 9. The molecule has 6 aliphatic rings. The van der Waals surface area contributed by atoms with E-state index in [1.807, 2.05) is 77.8 Å². The number of anilines is 2. The second-order valence-electron chi connectivity index (χ2n) is 29.6. The summed E-state index contributed by atoms with van der Waals surface area (Å²) in [7, 11) is 6.34. The van der Waals surface area contributed by atoms with Crippen LogP contribution in [0.3, 0.4) is 0 Å². The lowest BCUT2D eigenvalue weighted by molar-refractivity contribution is -0.133. The maximum absolute atomic E-state index is 14.5. The Bertz CT molecular complexity index is 4530. The first-order chi connectivity index (χ1) is 52.4. The molecule has 574 valence electrons. The highest BCUT2D eigenvalue weighted by molar-refractivity contribution is 6.07. The number of hydrogen-bond donors (Lipinski definition) is 5. The number of aliphatic hydroxyl groups is 1. The fourth-order valence-corrected chi connectivity index (χ4v) is 15.3. The maximum Gasteiger partial charge on any atom is 0.416 e. The van der Waals surface area contributed by atoms with Crippen molar-refractivity contribution in [2.24, 2.45) is 28.8 Å². The summed E-state index contributed by atoms with van der Waals surface area (Å²) in [6, 6.07) is 34.6. The van der Waals surface area contributed by atoms with Gasteiger partial charge in [-0.25, -0.2) is 15.5 Å². The van der Waals surface area contributed by atoms with Crippen LogP contribution in [-0.4, -0.2) is 152 Å². The van der Waals surface area contributed by atoms with Crippen molar-refractivity contribution >= 4 is 81.3 Å². The molecule has 0 radical (unpaired) electrons. The van der Waals surface area contributed by atoms with E-state index in [1.165, 1.54) is 12.1 Å². The minimum Gasteiger partial charge on any atom is -0.497 e. The number of unbranched alkanes of at least 4 members (excludes halogenated alkanes) is 2. The van der Waals surface area contributed by atoms with Crippen LogP contribution in [0.1, 0.15) is 164 Å². The van der Waals surface area contributed by atoms with Gasteiger partial charge < -0.3 is 69.6 Å². The topological polar surface area (TPSA) is 322 Å². The molecule has 0 aromatic heterocycles. The quantitative estimate of drug-likeness (QED) is 0.0153. The number of aryl methyl sites for hydroxylation is 1. The summed E-state index contributed by atoms with van der Waals surface area (Å²) in [5.41, 5.74) is 15.4. The van der Waals surface area contributed by atoms with Gasteiger partial charge in [0.2, 0.25) is 17.7 Å². The highest BCUT2D eigenvalue weighted by Crippen LogP contribution is 2.57. The lowest BCUT2D eigenvalue weighted by Crippen LogP contribution is -2.50. The van der Waals surface area contributed by atoms with E-state index < -0.39 is 47.9 Å². The van der Waals surface area contributed by atoms with Gasteiger partial charge in [-0.15, -0.1) is 0 Å². The first kappa shape index (κ1) is 77.6. The van der Waals surface area contributed by atoms with E-state index in [-0.39, 0.29) is 134 Å². The Labute approximate surface area is 634 Å². The largest absolute Gasteiger partial charge is 0.497 e. The number of para-hydroxylation sites is 1. The van der Waals surface area contributed by atoms with Gasteiger partial charge in [-0.3, -0.25) is 38.4 Å². The summed E-state index contributed by atoms with van der Waals surface area (Å²) in [5.74, 6) is 4.70. The summed E-state index contributed by atoms with van der Waals surface area (Å²) in [6.07, 6.45) is 5.29. The average molecular weight is 1490 g/mol.